The number of hydrogen-bond donors (Lipinski definition) is 1. The Morgan fingerprint density at radius 2 is 2.13 bits per heavy atom. The normalized spacial score (nSPS) is 12.9. The molecule has 1 aromatic carbocycles. The highest BCUT2D eigenvalue weighted by Gasteiger charge is 2.12. The maximum atomic E-state index is 10.7. The number of hydrogen-bond acceptors (Lipinski definition) is 1. The van der Waals surface area contributed by atoms with E-state index in [1.54, 1.807) is 6.92 Å². The highest BCUT2D eigenvalue weighted by atomic mass is 16.4. The molecule has 0 aliphatic carbocycles. The summed E-state index contributed by atoms with van der Waals surface area (Å²) in [4.78, 5) is 10.7. The predicted octanol–water partition coefficient (Wildman–Crippen LogP) is 2.36. The number of rotatable bonds is 3. The van der Waals surface area contributed by atoms with Crippen LogP contribution < -0.4 is 0 Å². The van der Waals surface area contributed by atoms with Gasteiger partial charge in [-0.1, -0.05) is 25.1 Å². The summed E-state index contributed by atoms with van der Waals surface area (Å²) in [6.45, 7) is 2.24. The first-order valence-electron chi connectivity index (χ1n) is 4.95. The fraction of sp³-hybridized carbons (Fsp3) is 0.250. The molecule has 0 aliphatic rings. The van der Waals surface area contributed by atoms with Gasteiger partial charge in [-0.3, -0.25) is 4.79 Å². The van der Waals surface area contributed by atoms with Crippen LogP contribution in [0.25, 0.3) is 10.9 Å². The van der Waals surface area contributed by atoms with E-state index in [4.69, 9.17) is 5.11 Å². The lowest BCUT2D eigenvalue weighted by Crippen LogP contribution is -2.15. The van der Waals surface area contributed by atoms with Crippen molar-refractivity contribution in [2.75, 3.05) is 0 Å². The third kappa shape index (κ3) is 1.86. The number of carboxylic acid groups (broad SMARTS) is 1. The number of carbonyl (C=O) groups is 1. The highest BCUT2D eigenvalue weighted by molar-refractivity contribution is 5.80. The zero-order chi connectivity index (χ0) is 10.8. The van der Waals surface area contributed by atoms with Crippen LogP contribution in [0.15, 0.2) is 36.5 Å². The summed E-state index contributed by atoms with van der Waals surface area (Å²) in [7, 11) is 0. The third-order valence-corrected chi connectivity index (χ3v) is 2.57. The second-order valence-electron chi connectivity index (χ2n) is 3.77. The molecule has 0 saturated heterocycles. The zero-order valence-corrected chi connectivity index (χ0v) is 8.55. The molecule has 0 bridgehead atoms. The number of aromatic nitrogens is 1. The van der Waals surface area contributed by atoms with Crippen LogP contribution >= 0.6 is 0 Å². The lowest BCUT2D eigenvalue weighted by Gasteiger charge is -2.08. The standard InChI is InChI=1S/C12H13NO2/c1-9(12(14)15)8-13-7-6-10-4-2-3-5-11(10)13/h2-7,9H,8H2,1H3,(H,14,15)/t9-/m1/s1. The molecule has 0 amide bonds. The molecular formula is C12H13NO2. The Bertz CT molecular complexity index is 487. The summed E-state index contributed by atoms with van der Waals surface area (Å²) >= 11 is 0. The first-order valence-corrected chi connectivity index (χ1v) is 4.95. The van der Waals surface area contributed by atoms with Crippen LogP contribution in [0, 0.1) is 5.92 Å². The Morgan fingerprint density at radius 1 is 1.40 bits per heavy atom. The smallest absolute Gasteiger partial charge is 0.308 e. The number of carboxylic acids is 1. The van der Waals surface area contributed by atoms with Crippen LogP contribution in [0.3, 0.4) is 0 Å². The number of nitrogens with zero attached hydrogens (tertiary/aromatic N) is 1. The molecule has 78 valence electrons. The molecule has 0 spiro atoms. The molecule has 0 saturated carbocycles. The molecule has 1 heterocycles. The molecule has 0 aliphatic heterocycles. The van der Waals surface area contributed by atoms with E-state index in [0.717, 1.165) is 10.9 Å². The molecule has 0 unspecified atom stereocenters. The molecule has 0 radical (unpaired) electrons. The number of fused-ring (bicyclic) bond motifs is 1. The first-order chi connectivity index (χ1) is 7.18. The number of aliphatic carboxylic acids is 1. The molecule has 3 nitrogen and oxygen atoms in total. The average molecular weight is 203 g/mol. The van der Waals surface area contributed by atoms with Gasteiger partial charge in [0, 0.05) is 18.3 Å². The van der Waals surface area contributed by atoms with E-state index in [-0.39, 0.29) is 5.92 Å². The molecule has 0 fully saturated rings. The molecule has 3 heteroatoms. The second kappa shape index (κ2) is 3.77. The number of benzene rings is 1. The largest absolute Gasteiger partial charge is 0.481 e. The van der Waals surface area contributed by atoms with Gasteiger partial charge >= 0.3 is 5.97 Å². The van der Waals surface area contributed by atoms with Crippen LogP contribution in [0.1, 0.15) is 6.92 Å². The van der Waals surface area contributed by atoms with Crippen LogP contribution in [-0.4, -0.2) is 15.6 Å². The Balaban J connectivity index is 2.32. The summed E-state index contributed by atoms with van der Waals surface area (Å²) in [5.41, 5.74) is 1.09. The van der Waals surface area contributed by atoms with Crippen molar-refractivity contribution < 1.29 is 9.90 Å². The molecule has 1 aromatic heterocycles. The maximum Gasteiger partial charge on any atom is 0.308 e. The fourth-order valence-electron chi connectivity index (χ4n) is 1.67. The molecule has 1 atom stereocenters. The summed E-state index contributed by atoms with van der Waals surface area (Å²) in [6.07, 6.45) is 1.93. The van der Waals surface area contributed by atoms with Crippen LogP contribution in [0.4, 0.5) is 0 Å². The van der Waals surface area contributed by atoms with E-state index >= 15 is 0 Å². The Labute approximate surface area is 87.9 Å². The SMILES string of the molecule is C[C@H](Cn1ccc2ccccc21)C(=O)O. The molecule has 15 heavy (non-hydrogen) atoms. The minimum atomic E-state index is -0.757. The van der Waals surface area contributed by atoms with E-state index in [0.29, 0.717) is 6.54 Å². The van der Waals surface area contributed by atoms with E-state index in [9.17, 15) is 4.79 Å². The van der Waals surface area contributed by atoms with E-state index in [2.05, 4.69) is 0 Å². The third-order valence-electron chi connectivity index (χ3n) is 2.57. The quantitative estimate of drug-likeness (QED) is 0.832. The van der Waals surface area contributed by atoms with Crippen LogP contribution in [0.5, 0.6) is 0 Å². The molecule has 2 aromatic rings. The molecular weight excluding hydrogens is 190 g/mol. The van der Waals surface area contributed by atoms with Crippen molar-refractivity contribution in [1.82, 2.24) is 4.57 Å². The topological polar surface area (TPSA) is 42.2 Å². The summed E-state index contributed by atoms with van der Waals surface area (Å²) in [6, 6.07) is 9.97. The Kier molecular flexibility index (Phi) is 2.46. The van der Waals surface area contributed by atoms with Gasteiger partial charge in [0.2, 0.25) is 0 Å². The van der Waals surface area contributed by atoms with Gasteiger partial charge in [0.25, 0.3) is 0 Å². The molecule has 1 N–H and O–H groups in total. The van der Waals surface area contributed by atoms with Gasteiger partial charge in [-0.05, 0) is 17.5 Å². The average Bonchev–Trinajstić information content (AvgIpc) is 2.62. The summed E-state index contributed by atoms with van der Waals surface area (Å²) in [5.74, 6) is -1.12. The summed E-state index contributed by atoms with van der Waals surface area (Å²) in [5, 5.41) is 9.99. The van der Waals surface area contributed by atoms with E-state index in [1.807, 2.05) is 41.1 Å². The van der Waals surface area contributed by atoms with Gasteiger partial charge in [-0.2, -0.15) is 0 Å². The minimum Gasteiger partial charge on any atom is -0.481 e. The van der Waals surface area contributed by atoms with Crippen molar-refractivity contribution in [2.45, 2.75) is 13.5 Å². The van der Waals surface area contributed by atoms with Crippen molar-refractivity contribution in [3.63, 3.8) is 0 Å². The van der Waals surface area contributed by atoms with Gasteiger partial charge in [-0.25, -0.2) is 0 Å². The van der Waals surface area contributed by atoms with Crippen molar-refractivity contribution in [2.24, 2.45) is 5.92 Å². The Hall–Kier alpha value is -1.77. The van der Waals surface area contributed by atoms with Crippen LogP contribution in [0.2, 0.25) is 0 Å². The first kappa shape index (κ1) is 9.77. The summed E-state index contributed by atoms with van der Waals surface area (Å²) < 4.78 is 1.98. The zero-order valence-electron chi connectivity index (χ0n) is 8.55. The minimum absolute atomic E-state index is 0.360. The second-order valence-corrected chi connectivity index (χ2v) is 3.77. The van der Waals surface area contributed by atoms with Gasteiger partial charge < -0.3 is 9.67 Å². The Morgan fingerprint density at radius 3 is 2.87 bits per heavy atom. The highest BCUT2D eigenvalue weighted by Crippen LogP contribution is 2.16. The molecule has 2 rings (SSSR count). The van der Waals surface area contributed by atoms with E-state index < -0.39 is 5.97 Å². The predicted molar refractivity (Wildman–Crippen MR) is 58.7 cm³/mol. The van der Waals surface area contributed by atoms with Crippen LogP contribution in [-0.2, 0) is 11.3 Å². The maximum absolute atomic E-state index is 10.7. The van der Waals surface area contributed by atoms with E-state index in [1.165, 1.54) is 0 Å². The fourth-order valence-corrected chi connectivity index (χ4v) is 1.67. The van der Waals surface area contributed by atoms with Gasteiger partial charge in [0.15, 0.2) is 0 Å². The number of para-hydroxylation sites is 1. The van der Waals surface area contributed by atoms with Gasteiger partial charge in [0.1, 0.15) is 0 Å². The van der Waals surface area contributed by atoms with Gasteiger partial charge in [0.05, 0.1) is 5.92 Å². The van der Waals surface area contributed by atoms with Gasteiger partial charge in [-0.15, -0.1) is 0 Å². The lowest BCUT2D eigenvalue weighted by atomic mass is 10.2. The monoisotopic (exact) mass is 203 g/mol. The van der Waals surface area contributed by atoms with Crippen molar-refractivity contribution in [1.29, 1.82) is 0 Å². The van der Waals surface area contributed by atoms with Crippen molar-refractivity contribution >= 4 is 16.9 Å². The lowest BCUT2D eigenvalue weighted by molar-refractivity contribution is -0.141. The van der Waals surface area contributed by atoms with Crippen molar-refractivity contribution in [3.8, 4) is 0 Å². The van der Waals surface area contributed by atoms with Crippen molar-refractivity contribution in [3.05, 3.63) is 36.5 Å².